The van der Waals surface area contributed by atoms with E-state index in [-0.39, 0.29) is 4.85 Å². The van der Waals surface area contributed by atoms with E-state index in [4.69, 9.17) is 9.40 Å². The van der Waals surface area contributed by atoms with Gasteiger partial charge < -0.3 is 0 Å². The van der Waals surface area contributed by atoms with Gasteiger partial charge in [0.05, 0.1) is 0 Å². The molecule has 0 saturated heterocycles. The number of aromatic amines is 1. The summed E-state index contributed by atoms with van der Waals surface area (Å²) in [5.41, 5.74) is 5.25. The van der Waals surface area contributed by atoms with Gasteiger partial charge in [-0.05, 0) is 0 Å². The number of aryl methyl sites for hydroxylation is 1. The molecule has 1 aromatic carbocycles. The number of fused-ring (bicyclic) bond motifs is 2. The van der Waals surface area contributed by atoms with Crippen molar-refractivity contribution in [2.24, 2.45) is 0 Å². The molecule has 3 aromatic rings. The molecule has 0 aliphatic heterocycles. The second-order valence-corrected chi connectivity index (χ2v) is 6.29. The minimum atomic E-state index is 0.245. The summed E-state index contributed by atoms with van der Waals surface area (Å²) >= 11 is 0.695. The summed E-state index contributed by atoms with van der Waals surface area (Å²) in [5, 5.41) is 0. The van der Waals surface area contributed by atoms with Crippen LogP contribution < -0.4 is 0 Å². The van der Waals surface area contributed by atoms with Gasteiger partial charge in [0.1, 0.15) is 0 Å². The quantitative estimate of drug-likeness (QED) is 0.753. The molecule has 1 atom stereocenters. The van der Waals surface area contributed by atoms with Crippen molar-refractivity contribution in [1.29, 1.82) is 4.41 Å². The Morgan fingerprint density at radius 3 is 2.90 bits per heavy atom. The van der Waals surface area contributed by atoms with Crippen LogP contribution in [0.2, 0.25) is 0 Å². The van der Waals surface area contributed by atoms with Gasteiger partial charge in [-0.15, -0.1) is 0 Å². The first-order valence-corrected chi connectivity index (χ1v) is 8.16. The van der Waals surface area contributed by atoms with Gasteiger partial charge in [0.15, 0.2) is 0 Å². The molecule has 0 saturated carbocycles. The molecule has 0 radical (unpaired) electrons. The van der Waals surface area contributed by atoms with Crippen molar-refractivity contribution in [1.82, 2.24) is 15.0 Å². The van der Waals surface area contributed by atoms with Crippen molar-refractivity contribution in [2.45, 2.75) is 24.1 Å². The summed E-state index contributed by atoms with van der Waals surface area (Å²) in [6.07, 6.45) is 3.30. The molecular formula is C16H15CoN4. The summed E-state index contributed by atoms with van der Waals surface area (Å²) in [5.74, 6) is 0.810. The van der Waals surface area contributed by atoms with Crippen molar-refractivity contribution in [3.8, 4) is 11.5 Å². The van der Waals surface area contributed by atoms with Crippen LogP contribution >= 0.6 is 0 Å². The number of aromatic nitrogens is 3. The molecule has 1 aliphatic carbocycles. The summed E-state index contributed by atoms with van der Waals surface area (Å²) < 4.78 is 7.70. The van der Waals surface area contributed by atoms with Crippen LogP contribution in [0.4, 0.5) is 0 Å². The van der Waals surface area contributed by atoms with Gasteiger partial charge >= 0.3 is 128 Å². The predicted octanol–water partition coefficient (Wildman–Crippen LogP) is 3.85. The molecule has 4 nitrogen and oxygen atoms in total. The van der Waals surface area contributed by atoms with Gasteiger partial charge in [-0.2, -0.15) is 0 Å². The summed E-state index contributed by atoms with van der Waals surface area (Å²) in [6, 6.07) is 12.2. The van der Waals surface area contributed by atoms with Crippen LogP contribution in [-0.4, -0.2) is 15.0 Å². The van der Waals surface area contributed by atoms with Crippen LogP contribution in [0.3, 0.4) is 0 Å². The molecular weight excluding hydrogens is 307 g/mol. The van der Waals surface area contributed by atoms with Crippen molar-refractivity contribution in [3.63, 3.8) is 0 Å². The average Bonchev–Trinajstić information content (AvgIpc) is 2.97. The Morgan fingerprint density at radius 1 is 1.14 bits per heavy atom. The molecule has 2 heterocycles. The SMILES string of the molecule is [NH]=[Co][CH]1CCCc2ccc(-c3nc4ccccc4[nH]3)nc21. The molecule has 1 aliphatic rings. The molecule has 0 fully saturated rings. The maximum atomic E-state index is 7.70. The Labute approximate surface area is 128 Å². The van der Waals surface area contributed by atoms with Gasteiger partial charge in [-0.25, -0.2) is 0 Å². The first-order valence-electron chi connectivity index (χ1n) is 7.04. The van der Waals surface area contributed by atoms with E-state index in [2.05, 4.69) is 16.0 Å². The zero-order chi connectivity index (χ0) is 14.2. The van der Waals surface area contributed by atoms with Crippen LogP contribution in [0.1, 0.15) is 29.0 Å². The van der Waals surface area contributed by atoms with Crippen LogP contribution in [0.25, 0.3) is 22.6 Å². The standard InChI is InChI=1S/C16H14N3.Co.HN/c1-2-6-12-11(5-1)9-10-15(17-12)16-18-13-7-3-4-8-14(13)19-16;;/h3-4,6-10H,1-2,5H2,(H,18,19);;1H. The number of hydrogen-bond donors (Lipinski definition) is 2. The van der Waals surface area contributed by atoms with Crippen molar-refractivity contribution >= 4 is 11.0 Å². The van der Waals surface area contributed by atoms with Gasteiger partial charge in [0.2, 0.25) is 0 Å². The van der Waals surface area contributed by atoms with Gasteiger partial charge in [-0.1, -0.05) is 0 Å². The third-order valence-corrected chi connectivity index (χ3v) is 4.88. The maximum absolute atomic E-state index is 7.70. The molecule has 0 spiro atoms. The molecule has 21 heavy (non-hydrogen) atoms. The zero-order valence-corrected chi connectivity index (χ0v) is 12.4. The fourth-order valence-corrected chi connectivity index (χ4v) is 3.64. The number of nitrogens with zero attached hydrogens (tertiary/aromatic N) is 2. The second kappa shape index (κ2) is 5.16. The number of benzene rings is 1. The van der Waals surface area contributed by atoms with E-state index in [0.717, 1.165) is 47.5 Å². The van der Waals surface area contributed by atoms with E-state index < -0.39 is 0 Å². The molecule has 5 heteroatoms. The Morgan fingerprint density at radius 2 is 2.05 bits per heavy atom. The second-order valence-electron chi connectivity index (χ2n) is 5.27. The first-order chi connectivity index (χ1) is 10.3. The van der Waals surface area contributed by atoms with Crippen LogP contribution in [0, 0.1) is 4.41 Å². The Hall–Kier alpha value is -1.85. The fraction of sp³-hybridized carbons (Fsp3) is 0.250. The topological polar surface area (TPSA) is 65.4 Å². The number of pyridine rings is 1. The molecule has 2 N–H and O–H groups in total. The molecule has 0 amide bonds. The average molecular weight is 322 g/mol. The number of hydrogen-bond acceptors (Lipinski definition) is 3. The minimum absolute atomic E-state index is 0.245. The van der Waals surface area contributed by atoms with Crippen LogP contribution in [0.5, 0.6) is 0 Å². The van der Waals surface area contributed by atoms with Gasteiger partial charge in [0, 0.05) is 0 Å². The van der Waals surface area contributed by atoms with Gasteiger partial charge in [0.25, 0.3) is 0 Å². The van der Waals surface area contributed by atoms with Gasteiger partial charge in [-0.3, -0.25) is 0 Å². The van der Waals surface area contributed by atoms with E-state index in [1.54, 1.807) is 0 Å². The Balaban J connectivity index is 1.83. The number of nitrogens with one attached hydrogen (secondary N) is 2. The fourth-order valence-electron chi connectivity index (χ4n) is 2.87. The summed E-state index contributed by atoms with van der Waals surface area (Å²) in [6.45, 7) is 0. The zero-order valence-electron chi connectivity index (χ0n) is 11.4. The number of H-pyrrole nitrogens is 1. The van der Waals surface area contributed by atoms with E-state index in [1.807, 2.05) is 30.3 Å². The van der Waals surface area contributed by atoms with E-state index in [9.17, 15) is 0 Å². The third-order valence-electron chi connectivity index (χ3n) is 3.94. The molecule has 1 unspecified atom stereocenters. The number of rotatable bonds is 2. The van der Waals surface area contributed by atoms with E-state index >= 15 is 0 Å². The molecule has 4 rings (SSSR count). The number of imidazole rings is 1. The molecule has 2 aromatic heterocycles. The van der Waals surface area contributed by atoms with E-state index in [1.165, 1.54) is 5.56 Å². The Kier molecular flexibility index (Phi) is 3.16. The normalized spacial score (nSPS) is 18.0. The van der Waals surface area contributed by atoms with Crippen LogP contribution in [-0.2, 0) is 20.9 Å². The predicted molar refractivity (Wildman–Crippen MR) is 77.7 cm³/mol. The van der Waals surface area contributed by atoms with E-state index in [0.29, 0.717) is 14.5 Å². The monoisotopic (exact) mass is 322 g/mol. The first kappa shape index (κ1) is 12.9. The van der Waals surface area contributed by atoms with Crippen molar-refractivity contribution < 1.29 is 14.5 Å². The summed E-state index contributed by atoms with van der Waals surface area (Å²) in [4.78, 5) is 13.0. The molecule has 0 bridgehead atoms. The number of para-hydroxylation sites is 2. The molecule has 108 valence electrons. The summed E-state index contributed by atoms with van der Waals surface area (Å²) in [7, 11) is 0. The van der Waals surface area contributed by atoms with Crippen molar-refractivity contribution in [2.75, 3.05) is 0 Å². The van der Waals surface area contributed by atoms with Crippen LogP contribution in [0.15, 0.2) is 36.4 Å². The Bertz CT molecular complexity index is 791. The third kappa shape index (κ3) is 2.22. The van der Waals surface area contributed by atoms with Crippen molar-refractivity contribution in [3.05, 3.63) is 47.7 Å².